The van der Waals surface area contributed by atoms with Crippen molar-refractivity contribution >= 4 is 37.3 Å². The van der Waals surface area contributed by atoms with Crippen molar-refractivity contribution in [3.05, 3.63) is 14.7 Å². The fourth-order valence-corrected chi connectivity index (χ4v) is 5.28. The van der Waals surface area contributed by atoms with Crippen LogP contribution in [-0.2, 0) is 16.6 Å². The molecule has 0 aromatic carbocycles. The third kappa shape index (κ3) is 5.81. The second-order valence-corrected chi connectivity index (χ2v) is 10.5. The number of hydrogen-bond acceptors (Lipinski definition) is 4. The lowest BCUT2D eigenvalue weighted by atomic mass is 9.98. The van der Waals surface area contributed by atoms with Gasteiger partial charge in [-0.1, -0.05) is 34.6 Å². The van der Waals surface area contributed by atoms with Gasteiger partial charge < -0.3 is 5.32 Å². The van der Waals surface area contributed by atoms with E-state index in [2.05, 4.69) is 39.8 Å². The van der Waals surface area contributed by atoms with E-state index >= 15 is 0 Å². The Labute approximate surface area is 134 Å². The van der Waals surface area contributed by atoms with Crippen molar-refractivity contribution < 1.29 is 8.42 Å². The number of thiophene rings is 1. The molecule has 0 bridgehead atoms. The summed E-state index contributed by atoms with van der Waals surface area (Å²) in [6.45, 7) is 11.2. The molecule has 0 unspecified atom stereocenters. The van der Waals surface area contributed by atoms with E-state index in [0.717, 1.165) is 4.88 Å². The van der Waals surface area contributed by atoms with Crippen LogP contribution in [0.4, 0.5) is 0 Å². The first-order valence-corrected chi connectivity index (χ1v) is 9.62. The molecule has 20 heavy (non-hydrogen) atoms. The molecule has 1 aromatic heterocycles. The summed E-state index contributed by atoms with van der Waals surface area (Å²) in [6, 6.07) is 2.10. The van der Waals surface area contributed by atoms with Crippen LogP contribution in [-0.4, -0.2) is 21.0 Å². The van der Waals surface area contributed by atoms with Crippen molar-refractivity contribution in [1.82, 2.24) is 10.0 Å². The quantitative estimate of drug-likeness (QED) is 0.792. The van der Waals surface area contributed by atoms with Crippen LogP contribution in [0, 0.1) is 5.41 Å². The summed E-state index contributed by atoms with van der Waals surface area (Å²) >= 11 is 4.80. The van der Waals surface area contributed by atoms with E-state index < -0.39 is 10.0 Å². The molecule has 1 aromatic rings. The number of rotatable bonds is 6. The summed E-state index contributed by atoms with van der Waals surface area (Å²) in [5.41, 5.74) is -0.0857. The largest absolute Gasteiger partial charge is 0.310 e. The van der Waals surface area contributed by atoms with Crippen LogP contribution in [0.15, 0.2) is 14.7 Å². The fourth-order valence-electron chi connectivity index (χ4n) is 1.36. The smallest absolute Gasteiger partial charge is 0.242 e. The zero-order chi connectivity index (χ0) is 15.6. The maximum Gasteiger partial charge on any atom is 0.242 e. The molecule has 0 aliphatic carbocycles. The Hall–Kier alpha value is 0.0500. The first kappa shape index (κ1) is 18.1. The van der Waals surface area contributed by atoms with Gasteiger partial charge >= 0.3 is 0 Å². The molecule has 0 saturated heterocycles. The zero-order valence-electron chi connectivity index (χ0n) is 12.6. The van der Waals surface area contributed by atoms with Crippen LogP contribution >= 0.6 is 27.3 Å². The van der Waals surface area contributed by atoms with Crippen LogP contribution in [0.5, 0.6) is 0 Å². The molecular weight excluding hydrogens is 360 g/mol. The molecule has 0 radical (unpaired) electrons. The third-order valence-corrected chi connectivity index (χ3v) is 6.13. The molecule has 2 N–H and O–H groups in total. The maximum absolute atomic E-state index is 12.3. The van der Waals surface area contributed by atoms with Crippen LogP contribution in [0.1, 0.15) is 39.5 Å². The summed E-state index contributed by atoms with van der Waals surface area (Å²) in [7, 11) is -3.46. The Morgan fingerprint density at radius 2 is 1.95 bits per heavy atom. The van der Waals surface area contributed by atoms with Gasteiger partial charge in [0.25, 0.3) is 0 Å². The van der Waals surface area contributed by atoms with E-state index in [4.69, 9.17) is 0 Å². The zero-order valence-corrected chi connectivity index (χ0v) is 15.8. The molecule has 116 valence electrons. The van der Waals surface area contributed by atoms with Crippen molar-refractivity contribution in [1.29, 1.82) is 0 Å². The number of nitrogens with one attached hydrogen (secondary N) is 2. The minimum atomic E-state index is -3.46. The van der Waals surface area contributed by atoms with Gasteiger partial charge in [0.15, 0.2) is 0 Å². The molecule has 0 atom stereocenters. The van der Waals surface area contributed by atoms with Crippen LogP contribution in [0.25, 0.3) is 0 Å². The van der Waals surface area contributed by atoms with Gasteiger partial charge in [-0.3, -0.25) is 0 Å². The van der Waals surface area contributed by atoms with E-state index in [1.54, 1.807) is 6.07 Å². The van der Waals surface area contributed by atoms with Crippen molar-refractivity contribution in [2.45, 2.75) is 52.1 Å². The first-order chi connectivity index (χ1) is 9.01. The highest BCUT2D eigenvalue weighted by molar-refractivity contribution is 9.11. The highest BCUT2D eigenvalue weighted by Gasteiger charge is 2.23. The number of halogens is 1. The highest BCUT2D eigenvalue weighted by atomic mass is 79.9. The third-order valence-electron chi connectivity index (χ3n) is 2.47. The van der Waals surface area contributed by atoms with Gasteiger partial charge in [0.05, 0.1) is 3.79 Å². The normalized spacial score (nSPS) is 13.2. The van der Waals surface area contributed by atoms with Crippen molar-refractivity contribution in [3.63, 3.8) is 0 Å². The van der Waals surface area contributed by atoms with Gasteiger partial charge in [0.2, 0.25) is 10.0 Å². The molecule has 1 heterocycles. The van der Waals surface area contributed by atoms with Crippen LogP contribution in [0.2, 0.25) is 0 Å². The second kappa shape index (κ2) is 6.87. The van der Waals surface area contributed by atoms with Gasteiger partial charge in [-0.15, -0.1) is 11.3 Å². The summed E-state index contributed by atoms with van der Waals surface area (Å²) in [4.78, 5) is 1.33. The summed E-state index contributed by atoms with van der Waals surface area (Å²) in [5, 5.41) is 3.28. The lowest BCUT2D eigenvalue weighted by molar-refractivity contribution is 0.407. The number of hydrogen-bond donors (Lipinski definition) is 2. The van der Waals surface area contributed by atoms with E-state index in [1.807, 2.05) is 20.8 Å². The minimum Gasteiger partial charge on any atom is -0.310 e. The first-order valence-electron chi connectivity index (χ1n) is 6.52. The molecule has 0 fully saturated rings. The SMILES string of the molecule is CC(C)NCc1cc(S(=O)(=O)NCC(C)(C)C)c(Br)s1. The molecule has 4 nitrogen and oxygen atoms in total. The van der Waals surface area contributed by atoms with Crippen molar-refractivity contribution in [2.75, 3.05) is 6.54 Å². The van der Waals surface area contributed by atoms with E-state index in [1.165, 1.54) is 11.3 Å². The fraction of sp³-hybridized carbons (Fsp3) is 0.692. The lowest BCUT2D eigenvalue weighted by Gasteiger charge is -2.18. The molecule has 7 heteroatoms. The van der Waals surface area contributed by atoms with Gasteiger partial charge in [0, 0.05) is 24.0 Å². The summed E-state index contributed by atoms with van der Waals surface area (Å²) in [6.07, 6.45) is 0. The minimum absolute atomic E-state index is 0.0857. The average Bonchev–Trinajstić information content (AvgIpc) is 2.65. The average molecular weight is 383 g/mol. The Bertz CT molecular complexity index is 545. The number of sulfonamides is 1. The van der Waals surface area contributed by atoms with Gasteiger partial charge in [0.1, 0.15) is 4.90 Å². The van der Waals surface area contributed by atoms with Gasteiger partial charge in [-0.25, -0.2) is 13.1 Å². The van der Waals surface area contributed by atoms with Crippen LogP contribution in [0.3, 0.4) is 0 Å². The Balaban J connectivity index is 2.85. The maximum atomic E-state index is 12.3. The second-order valence-electron chi connectivity index (χ2n) is 6.27. The standard InChI is InChI=1S/C13H23BrN2O2S2/c1-9(2)15-7-10-6-11(12(14)19-10)20(17,18)16-8-13(3,4)5/h6,9,15-16H,7-8H2,1-5H3. The molecule has 0 amide bonds. The summed E-state index contributed by atoms with van der Waals surface area (Å²) in [5.74, 6) is 0. The molecule has 0 aliphatic heterocycles. The molecule has 0 aliphatic rings. The molecule has 0 spiro atoms. The van der Waals surface area contributed by atoms with Crippen LogP contribution < -0.4 is 10.0 Å². The molecular formula is C13H23BrN2O2S2. The predicted octanol–water partition coefficient (Wildman–Crippen LogP) is 3.33. The Morgan fingerprint density at radius 1 is 1.35 bits per heavy atom. The highest BCUT2D eigenvalue weighted by Crippen LogP contribution is 2.32. The van der Waals surface area contributed by atoms with Gasteiger partial charge in [-0.05, 0) is 27.4 Å². The van der Waals surface area contributed by atoms with Gasteiger partial charge in [-0.2, -0.15) is 0 Å². The van der Waals surface area contributed by atoms with E-state index in [9.17, 15) is 8.42 Å². The lowest BCUT2D eigenvalue weighted by Crippen LogP contribution is -2.32. The van der Waals surface area contributed by atoms with Crippen molar-refractivity contribution in [3.8, 4) is 0 Å². The Morgan fingerprint density at radius 3 is 2.45 bits per heavy atom. The molecule has 0 saturated carbocycles. The Kier molecular flexibility index (Phi) is 6.22. The van der Waals surface area contributed by atoms with E-state index in [0.29, 0.717) is 27.8 Å². The molecule has 1 rings (SSSR count). The van der Waals surface area contributed by atoms with E-state index in [-0.39, 0.29) is 5.41 Å². The predicted molar refractivity (Wildman–Crippen MR) is 88.6 cm³/mol. The van der Waals surface area contributed by atoms with Crippen molar-refractivity contribution in [2.24, 2.45) is 5.41 Å². The monoisotopic (exact) mass is 382 g/mol. The summed E-state index contributed by atoms with van der Waals surface area (Å²) < 4.78 is 27.9. The topological polar surface area (TPSA) is 58.2 Å².